The number of sulfonamides is 1. The fraction of sp³-hybridized carbons (Fsp3) is 0.391. The SMILES string of the molecule is CC(=O)CCCCC[C@H](NS(=O)(=O)c1c(C)noc1C)C(=O)Nc1cnc2ccccc2c1. The lowest BCUT2D eigenvalue weighted by atomic mass is 10.1. The van der Waals surface area contributed by atoms with Crippen LogP contribution in [-0.2, 0) is 19.6 Å². The van der Waals surface area contributed by atoms with E-state index in [1.165, 1.54) is 27.0 Å². The first-order valence-corrected chi connectivity index (χ1v) is 12.3. The normalized spacial score (nSPS) is 12.6. The van der Waals surface area contributed by atoms with Gasteiger partial charge in [-0.05, 0) is 45.7 Å². The van der Waals surface area contributed by atoms with Gasteiger partial charge in [0.1, 0.15) is 22.4 Å². The van der Waals surface area contributed by atoms with Crippen LogP contribution in [0.3, 0.4) is 0 Å². The third-order valence-electron chi connectivity index (χ3n) is 5.23. The third kappa shape index (κ3) is 6.45. The molecule has 0 spiro atoms. The molecule has 1 aromatic carbocycles. The van der Waals surface area contributed by atoms with Crippen LogP contribution in [-0.4, -0.2) is 36.3 Å². The Morgan fingerprint density at radius 1 is 1.12 bits per heavy atom. The van der Waals surface area contributed by atoms with Crippen LogP contribution in [0.5, 0.6) is 0 Å². The van der Waals surface area contributed by atoms with Crippen molar-refractivity contribution in [2.24, 2.45) is 0 Å². The smallest absolute Gasteiger partial charge is 0.246 e. The van der Waals surface area contributed by atoms with Crippen LogP contribution in [0.25, 0.3) is 10.9 Å². The third-order valence-corrected chi connectivity index (χ3v) is 6.95. The van der Waals surface area contributed by atoms with E-state index in [4.69, 9.17) is 4.52 Å². The number of carbonyl (C=O) groups is 2. The average Bonchev–Trinajstić information content (AvgIpc) is 3.11. The van der Waals surface area contributed by atoms with Crippen LogP contribution in [0.4, 0.5) is 5.69 Å². The zero-order valence-corrected chi connectivity index (χ0v) is 19.7. The number of benzene rings is 1. The molecule has 1 amide bonds. The number of hydrogen-bond donors (Lipinski definition) is 2. The molecule has 0 unspecified atom stereocenters. The van der Waals surface area contributed by atoms with Gasteiger partial charge in [-0.25, -0.2) is 8.42 Å². The second-order valence-corrected chi connectivity index (χ2v) is 9.69. The number of nitrogens with zero attached hydrogens (tertiary/aromatic N) is 2. The lowest BCUT2D eigenvalue weighted by molar-refractivity contribution is -0.118. The summed E-state index contributed by atoms with van der Waals surface area (Å²) in [6.07, 6.45) is 4.24. The number of hydrogen-bond acceptors (Lipinski definition) is 7. The predicted octanol–water partition coefficient (Wildman–Crippen LogP) is 3.66. The monoisotopic (exact) mass is 472 g/mol. The second-order valence-electron chi connectivity index (χ2n) is 8.03. The number of aromatic nitrogens is 2. The molecule has 2 heterocycles. The highest BCUT2D eigenvalue weighted by atomic mass is 32.2. The molecule has 0 radical (unpaired) electrons. The van der Waals surface area contributed by atoms with E-state index in [0.717, 1.165) is 10.9 Å². The number of ketones is 1. The zero-order valence-electron chi connectivity index (χ0n) is 18.9. The van der Waals surface area contributed by atoms with Crippen molar-refractivity contribution in [3.05, 3.63) is 48.0 Å². The lowest BCUT2D eigenvalue weighted by Gasteiger charge is -2.18. The number of aryl methyl sites for hydroxylation is 2. The van der Waals surface area contributed by atoms with Crippen LogP contribution in [0, 0.1) is 13.8 Å². The fourth-order valence-electron chi connectivity index (χ4n) is 3.62. The molecule has 3 rings (SSSR count). The molecular weight excluding hydrogens is 444 g/mol. The Labute approximate surface area is 193 Å². The molecule has 3 aromatic rings. The summed E-state index contributed by atoms with van der Waals surface area (Å²) >= 11 is 0. The fourth-order valence-corrected chi connectivity index (χ4v) is 5.18. The molecule has 0 aliphatic heterocycles. The minimum atomic E-state index is -4.04. The van der Waals surface area contributed by atoms with Crippen LogP contribution in [0.1, 0.15) is 50.5 Å². The van der Waals surface area contributed by atoms with Crippen molar-refractivity contribution in [2.45, 2.75) is 63.8 Å². The van der Waals surface area contributed by atoms with E-state index in [9.17, 15) is 18.0 Å². The van der Waals surface area contributed by atoms with Crippen molar-refractivity contribution >= 4 is 38.3 Å². The number of anilines is 1. The van der Waals surface area contributed by atoms with E-state index in [1.807, 2.05) is 24.3 Å². The van der Waals surface area contributed by atoms with E-state index in [-0.39, 0.29) is 28.6 Å². The summed E-state index contributed by atoms with van der Waals surface area (Å²) < 4.78 is 33.5. The van der Waals surface area contributed by atoms with Gasteiger partial charge in [0.15, 0.2) is 5.76 Å². The van der Waals surface area contributed by atoms with Crippen molar-refractivity contribution < 1.29 is 22.5 Å². The van der Waals surface area contributed by atoms with Gasteiger partial charge in [0.05, 0.1) is 17.4 Å². The maximum Gasteiger partial charge on any atom is 0.246 e. The number of Topliss-reactive ketones (excluding diaryl/α,β-unsaturated/α-hetero) is 1. The summed E-state index contributed by atoms with van der Waals surface area (Å²) in [7, 11) is -4.04. The predicted molar refractivity (Wildman–Crippen MR) is 124 cm³/mol. The lowest BCUT2D eigenvalue weighted by Crippen LogP contribution is -2.44. The molecule has 10 heteroatoms. The van der Waals surface area contributed by atoms with Gasteiger partial charge < -0.3 is 14.6 Å². The molecule has 0 fully saturated rings. The number of carbonyl (C=O) groups excluding carboxylic acids is 2. The van der Waals surface area contributed by atoms with Gasteiger partial charge in [-0.1, -0.05) is 36.2 Å². The quantitative estimate of drug-likeness (QED) is 0.407. The first-order chi connectivity index (χ1) is 15.7. The van der Waals surface area contributed by atoms with Gasteiger partial charge in [-0.2, -0.15) is 4.72 Å². The molecule has 0 saturated carbocycles. The highest BCUT2D eigenvalue weighted by Crippen LogP contribution is 2.21. The summed E-state index contributed by atoms with van der Waals surface area (Å²) in [5.41, 5.74) is 1.48. The van der Waals surface area contributed by atoms with Gasteiger partial charge >= 0.3 is 0 Å². The van der Waals surface area contributed by atoms with E-state index < -0.39 is 22.0 Å². The van der Waals surface area contributed by atoms with Gasteiger partial charge in [0.25, 0.3) is 0 Å². The van der Waals surface area contributed by atoms with Crippen molar-refractivity contribution in [3.63, 3.8) is 0 Å². The van der Waals surface area contributed by atoms with Crippen LogP contribution < -0.4 is 10.0 Å². The highest BCUT2D eigenvalue weighted by Gasteiger charge is 2.30. The number of nitrogens with one attached hydrogen (secondary N) is 2. The van der Waals surface area contributed by atoms with Crippen LogP contribution in [0.2, 0.25) is 0 Å². The first-order valence-electron chi connectivity index (χ1n) is 10.8. The molecule has 9 nitrogen and oxygen atoms in total. The molecule has 33 heavy (non-hydrogen) atoms. The Morgan fingerprint density at radius 3 is 2.58 bits per heavy atom. The topological polar surface area (TPSA) is 131 Å². The number of unbranched alkanes of at least 4 members (excludes halogenated alkanes) is 2. The Kier molecular flexibility index (Phi) is 7.93. The molecule has 0 bridgehead atoms. The Morgan fingerprint density at radius 2 is 1.88 bits per heavy atom. The van der Waals surface area contributed by atoms with E-state index >= 15 is 0 Å². The minimum absolute atomic E-state index is 0.0655. The van der Waals surface area contributed by atoms with E-state index in [1.54, 1.807) is 6.07 Å². The van der Waals surface area contributed by atoms with E-state index in [2.05, 4.69) is 20.2 Å². The maximum atomic E-state index is 13.1. The summed E-state index contributed by atoms with van der Waals surface area (Å²) in [5.74, 6) is -0.236. The summed E-state index contributed by atoms with van der Waals surface area (Å²) in [6, 6.07) is 8.25. The standard InChI is InChI=1S/C23H28N4O5S/c1-15(28)9-5-4-6-12-21(27-33(30,31)22-16(2)26-32-17(22)3)23(29)25-19-13-18-10-7-8-11-20(18)24-14-19/h7-8,10-11,13-14,21,27H,4-6,9,12H2,1-3H3,(H,25,29)/t21-/m0/s1. The number of rotatable bonds is 11. The van der Waals surface area contributed by atoms with Crippen LogP contribution in [0.15, 0.2) is 45.9 Å². The van der Waals surface area contributed by atoms with Gasteiger partial charge in [-0.15, -0.1) is 0 Å². The molecule has 0 aliphatic carbocycles. The summed E-state index contributed by atoms with van der Waals surface area (Å²) in [5, 5.41) is 7.32. The summed E-state index contributed by atoms with van der Waals surface area (Å²) in [6.45, 7) is 4.57. The molecule has 0 saturated heterocycles. The van der Waals surface area contributed by atoms with Gasteiger partial charge in [-0.3, -0.25) is 9.78 Å². The summed E-state index contributed by atoms with van der Waals surface area (Å²) in [4.78, 5) is 28.5. The van der Waals surface area contributed by atoms with Crippen molar-refractivity contribution in [1.82, 2.24) is 14.9 Å². The molecule has 1 atom stereocenters. The molecule has 2 aromatic heterocycles. The Balaban J connectivity index is 1.77. The number of para-hydroxylation sites is 1. The molecule has 176 valence electrons. The zero-order chi connectivity index (χ0) is 24.0. The molecular formula is C23H28N4O5S. The van der Waals surface area contributed by atoms with Crippen LogP contribution >= 0.6 is 0 Å². The Bertz CT molecular complexity index is 1230. The number of amides is 1. The van der Waals surface area contributed by atoms with Crippen molar-refractivity contribution in [1.29, 1.82) is 0 Å². The minimum Gasteiger partial charge on any atom is -0.360 e. The highest BCUT2D eigenvalue weighted by molar-refractivity contribution is 7.89. The van der Waals surface area contributed by atoms with Gasteiger partial charge in [0, 0.05) is 11.8 Å². The van der Waals surface area contributed by atoms with E-state index in [0.29, 0.717) is 31.4 Å². The molecule has 2 N–H and O–H groups in total. The largest absolute Gasteiger partial charge is 0.360 e. The second kappa shape index (κ2) is 10.7. The molecule has 0 aliphatic rings. The van der Waals surface area contributed by atoms with Crippen molar-refractivity contribution in [2.75, 3.05) is 5.32 Å². The number of pyridine rings is 1. The number of fused-ring (bicyclic) bond motifs is 1. The van der Waals surface area contributed by atoms with Crippen molar-refractivity contribution in [3.8, 4) is 0 Å². The van der Waals surface area contributed by atoms with Gasteiger partial charge in [0.2, 0.25) is 15.9 Å². The first kappa shape index (κ1) is 24.5. The average molecular weight is 473 g/mol. The Hall–Kier alpha value is -3.11. The maximum absolute atomic E-state index is 13.1.